The van der Waals surface area contributed by atoms with Gasteiger partial charge in [0.05, 0.1) is 32.0 Å². The number of aliphatic hydroxyl groups excluding tert-OH is 8. The first-order chi connectivity index (χ1) is 42.1. The first kappa shape index (κ1) is 80.6. The molecule has 86 heavy (non-hydrogen) atoms. The molecule has 0 aromatic heterocycles. The van der Waals surface area contributed by atoms with Gasteiger partial charge in [-0.3, -0.25) is 4.79 Å². The third-order valence-electron chi connectivity index (χ3n) is 18.1. The van der Waals surface area contributed by atoms with Crippen molar-refractivity contribution >= 4 is 5.91 Å². The molecule has 0 bridgehead atoms. The van der Waals surface area contributed by atoms with E-state index in [1.807, 2.05) is 6.08 Å². The fraction of sp³-hybridized carbons (Fsp3) is 0.931. The molecule has 2 fully saturated rings. The Kier molecular flexibility index (Phi) is 53.7. The summed E-state index contributed by atoms with van der Waals surface area (Å²) in [5, 5.41) is 87.1. The highest BCUT2D eigenvalue weighted by molar-refractivity contribution is 5.76. The smallest absolute Gasteiger partial charge is 0.220 e. The Labute approximate surface area is 526 Å². The van der Waals surface area contributed by atoms with Gasteiger partial charge in [-0.05, 0) is 44.9 Å². The quantitative estimate of drug-likeness (QED) is 0.0204. The van der Waals surface area contributed by atoms with Crippen molar-refractivity contribution in [1.29, 1.82) is 0 Å². The van der Waals surface area contributed by atoms with Crippen molar-refractivity contribution in [2.24, 2.45) is 0 Å². The van der Waals surface area contributed by atoms with Crippen LogP contribution in [0.3, 0.4) is 0 Å². The van der Waals surface area contributed by atoms with Gasteiger partial charge in [0.2, 0.25) is 5.91 Å². The molecule has 0 saturated carbocycles. The lowest BCUT2D eigenvalue weighted by Gasteiger charge is -2.46. The number of carbonyl (C=O) groups is 1. The van der Waals surface area contributed by atoms with Gasteiger partial charge in [0.15, 0.2) is 12.6 Å². The van der Waals surface area contributed by atoms with Crippen molar-refractivity contribution in [3.05, 3.63) is 24.3 Å². The maximum atomic E-state index is 13.3. The minimum Gasteiger partial charge on any atom is -0.394 e. The van der Waals surface area contributed by atoms with Gasteiger partial charge in [-0.1, -0.05) is 308 Å². The summed E-state index contributed by atoms with van der Waals surface area (Å²) in [7, 11) is 0. The number of allylic oxidation sites excluding steroid dienone is 3. The number of amides is 1. The fourth-order valence-corrected chi connectivity index (χ4v) is 12.3. The van der Waals surface area contributed by atoms with Crippen LogP contribution in [0, 0.1) is 0 Å². The van der Waals surface area contributed by atoms with Crippen LogP contribution in [-0.2, 0) is 23.7 Å². The second-order valence-electron chi connectivity index (χ2n) is 26.1. The van der Waals surface area contributed by atoms with E-state index in [0.29, 0.717) is 6.42 Å². The average molecular weight is 1220 g/mol. The van der Waals surface area contributed by atoms with Crippen LogP contribution in [0.4, 0.5) is 0 Å². The third kappa shape index (κ3) is 41.1. The number of hydrogen-bond donors (Lipinski definition) is 9. The number of carbonyl (C=O) groups excluding carboxylic acids is 1. The van der Waals surface area contributed by atoms with Crippen molar-refractivity contribution in [1.82, 2.24) is 5.32 Å². The summed E-state index contributed by atoms with van der Waals surface area (Å²) in [5.74, 6) is -0.234. The van der Waals surface area contributed by atoms with E-state index in [-0.39, 0.29) is 18.9 Å². The Morgan fingerprint density at radius 1 is 0.407 bits per heavy atom. The zero-order chi connectivity index (χ0) is 62.3. The molecule has 2 aliphatic rings. The summed E-state index contributed by atoms with van der Waals surface area (Å²) < 4.78 is 22.8. The van der Waals surface area contributed by atoms with Crippen LogP contribution in [0.25, 0.3) is 0 Å². The van der Waals surface area contributed by atoms with Crippen molar-refractivity contribution in [3.63, 3.8) is 0 Å². The molecule has 12 atom stereocenters. The van der Waals surface area contributed by atoms with Gasteiger partial charge < -0.3 is 65.1 Å². The van der Waals surface area contributed by atoms with E-state index >= 15 is 0 Å². The first-order valence-corrected chi connectivity index (χ1v) is 36.6. The molecule has 0 aromatic rings. The minimum atomic E-state index is -1.79. The predicted octanol–water partition coefficient (Wildman–Crippen LogP) is 15.1. The second-order valence-corrected chi connectivity index (χ2v) is 26.1. The molecule has 508 valence electrons. The van der Waals surface area contributed by atoms with E-state index in [0.717, 1.165) is 38.5 Å². The van der Waals surface area contributed by atoms with E-state index in [2.05, 4.69) is 31.3 Å². The molecule has 2 aliphatic heterocycles. The largest absolute Gasteiger partial charge is 0.394 e. The standard InChI is InChI=1S/C72H137NO13/c1-3-5-7-9-11-13-15-16-17-18-19-20-21-22-23-24-25-26-27-28-29-30-31-32-33-34-35-36-37-38-39-40-41-42-43-44-46-48-50-52-54-56-64(77)73-60(61(76)55-53-51-49-47-45-14-12-10-8-6-4-2)59-83-71-69(82)67(80)70(63(58-75)85-71)86-72-68(81)66(79)65(78)62(57-74)84-72/h18-19,53,55,60-63,65-72,74-76,78-82H,3-17,20-52,54,56-59H2,1-2H3,(H,73,77)/b19-18-,55-53+. The highest BCUT2D eigenvalue weighted by Gasteiger charge is 2.51. The number of nitrogens with one attached hydrogen (secondary N) is 1. The van der Waals surface area contributed by atoms with E-state index in [1.54, 1.807) is 6.08 Å². The van der Waals surface area contributed by atoms with Gasteiger partial charge in [-0.25, -0.2) is 0 Å². The van der Waals surface area contributed by atoms with Crippen LogP contribution in [-0.4, -0.2) is 140 Å². The van der Waals surface area contributed by atoms with Gasteiger partial charge in [0, 0.05) is 6.42 Å². The van der Waals surface area contributed by atoms with Crippen molar-refractivity contribution in [2.75, 3.05) is 19.8 Å². The second kappa shape index (κ2) is 57.4. The fourth-order valence-electron chi connectivity index (χ4n) is 12.3. The molecular formula is C72H137NO13. The normalized spacial score (nSPS) is 23.5. The lowest BCUT2D eigenvalue weighted by molar-refractivity contribution is -0.359. The van der Waals surface area contributed by atoms with Gasteiger partial charge in [0.1, 0.15) is 48.8 Å². The van der Waals surface area contributed by atoms with Gasteiger partial charge >= 0.3 is 0 Å². The van der Waals surface area contributed by atoms with Crippen LogP contribution < -0.4 is 5.32 Å². The Morgan fingerprint density at radius 2 is 0.733 bits per heavy atom. The first-order valence-electron chi connectivity index (χ1n) is 36.6. The SMILES string of the molecule is CCCCCCCCCC/C=C\CCCCCCCCCCCCCCCCCCCCCCCCCCCCCCCC(=O)NC(COC1OC(CO)C(OC2OC(CO)C(O)C(O)C2O)C(O)C1O)C(O)/C=C/CCCCCCCCCCC. The molecule has 2 saturated heterocycles. The van der Waals surface area contributed by atoms with E-state index in [4.69, 9.17) is 18.9 Å². The molecule has 14 nitrogen and oxygen atoms in total. The molecule has 9 N–H and O–H groups in total. The number of aliphatic hydroxyl groups is 8. The highest BCUT2D eigenvalue weighted by Crippen LogP contribution is 2.30. The van der Waals surface area contributed by atoms with Crippen LogP contribution in [0.1, 0.15) is 335 Å². The third-order valence-corrected chi connectivity index (χ3v) is 18.1. The van der Waals surface area contributed by atoms with Crippen LogP contribution in [0.15, 0.2) is 24.3 Å². The summed E-state index contributed by atoms with van der Waals surface area (Å²) in [5.41, 5.74) is 0. The molecule has 2 rings (SSSR count). The molecule has 0 radical (unpaired) electrons. The summed E-state index contributed by atoms with van der Waals surface area (Å²) >= 11 is 0. The number of unbranched alkanes of at least 4 members (excludes halogenated alkanes) is 46. The van der Waals surface area contributed by atoms with Gasteiger partial charge in [-0.15, -0.1) is 0 Å². The van der Waals surface area contributed by atoms with Crippen LogP contribution in [0.2, 0.25) is 0 Å². The Bertz CT molecular complexity index is 1540. The Hall–Kier alpha value is -1.53. The summed E-state index contributed by atoms with van der Waals surface area (Å²) in [4.78, 5) is 13.3. The van der Waals surface area contributed by atoms with Crippen LogP contribution in [0.5, 0.6) is 0 Å². The molecule has 1 amide bonds. The molecule has 2 heterocycles. The van der Waals surface area contributed by atoms with Crippen LogP contribution >= 0.6 is 0 Å². The molecule has 0 aliphatic carbocycles. The molecule has 12 unspecified atom stereocenters. The summed E-state index contributed by atoms with van der Waals surface area (Å²) in [6.07, 6.45) is 55.8. The Balaban J connectivity index is 1.50. The topological polar surface area (TPSA) is 228 Å². The summed E-state index contributed by atoms with van der Waals surface area (Å²) in [6, 6.07) is -0.910. The van der Waals surface area contributed by atoms with E-state index in [9.17, 15) is 45.6 Å². The molecule has 0 spiro atoms. The molecular weight excluding hydrogens is 1090 g/mol. The molecule has 0 aromatic carbocycles. The predicted molar refractivity (Wildman–Crippen MR) is 351 cm³/mol. The maximum absolute atomic E-state index is 13.3. The van der Waals surface area contributed by atoms with E-state index < -0.39 is 86.8 Å². The lowest BCUT2D eigenvalue weighted by atomic mass is 9.97. The van der Waals surface area contributed by atoms with Gasteiger partial charge in [-0.2, -0.15) is 0 Å². The zero-order valence-corrected chi connectivity index (χ0v) is 55.3. The minimum absolute atomic E-state index is 0.234. The number of rotatable bonds is 61. The monoisotopic (exact) mass is 1220 g/mol. The summed E-state index contributed by atoms with van der Waals surface area (Å²) in [6.45, 7) is 2.81. The van der Waals surface area contributed by atoms with Gasteiger partial charge in [0.25, 0.3) is 0 Å². The maximum Gasteiger partial charge on any atom is 0.220 e. The number of ether oxygens (including phenoxy) is 4. The van der Waals surface area contributed by atoms with Crippen molar-refractivity contribution < 1.29 is 64.6 Å². The van der Waals surface area contributed by atoms with Crippen molar-refractivity contribution in [2.45, 2.75) is 408 Å². The van der Waals surface area contributed by atoms with E-state index in [1.165, 1.54) is 270 Å². The Morgan fingerprint density at radius 3 is 1.10 bits per heavy atom. The molecule has 14 heteroatoms. The average Bonchev–Trinajstić information content (AvgIpc) is 1.60. The van der Waals surface area contributed by atoms with Crippen molar-refractivity contribution in [3.8, 4) is 0 Å². The zero-order valence-electron chi connectivity index (χ0n) is 55.3. The highest BCUT2D eigenvalue weighted by atomic mass is 16.7. The lowest BCUT2D eigenvalue weighted by Crippen LogP contribution is -2.65. The number of hydrogen-bond acceptors (Lipinski definition) is 13.